The van der Waals surface area contributed by atoms with Crippen LogP contribution in [0.15, 0.2) is 78.9 Å². The van der Waals surface area contributed by atoms with Crippen LogP contribution in [0.5, 0.6) is 23.1 Å². The first-order chi connectivity index (χ1) is 18.6. The molecule has 1 aliphatic rings. The number of ether oxygens (including phenoxy) is 3. The molecule has 1 aliphatic carbocycles. The Labute approximate surface area is 223 Å². The summed E-state index contributed by atoms with van der Waals surface area (Å²) in [5, 5.41) is 4.95. The van der Waals surface area contributed by atoms with E-state index in [0.29, 0.717) is 54.1 Å². The van der Waals surface area contributed by atoms with Crippen molar-refractivity contribution in [2.75, 3.05) is 20.8 Å². The number of carbonyl (C=O) groups excluding carboxylic acids is 1. The largest absolute Gasteiger partial charge is 0.497 e. The molecule has 0 aliphatic heterocycles. The van der Waals surface area contributed by atoms with Crippen LogP contribution in [0.1, 0.15) is 41.4 Å². The monoisotopic (exact) mass is 511 g/mol. The van der Waals surface area contributed by atoms with Gasteiger partial charge in [-0.25, -0.2) is 4.68 Å². The summed E-state index contributed by atoms with van der Waals surface area (Å²) in [5.41, 5.74) is 3.29. The fraction of sp³-hybridized carbons (Fsp3) is 0.290. The first-order valence-corrected chi connectivity index (χ1v) is 13.0. The molecule has 0 unspecified atom stereocenters. The topological polar surface area (TPSA) is 65.8 Å². The van der Waals surface area contributed by atoms with Gasteiger partial charge in [0, 0.05) is 18.2 Å². The fourth-order valence-corrected chi connectivity index (χ4v) is 4.51. The normalized spacial score (nSPS) is 12.7. The Morgan fingerprint density at radius 2 is 1.61 bits per heavy atom. The Kier molecular flexibility index (Phi) is 7.63. The van der Waals surface area contributed by atoms with Gasteiger partial charge in [-0.3, -0.25) is 4.79 Å². The van der Waals surface area contributed by atoms with E-state index in [4.69, 9.17) is 19.3 Å². The van der Waals surface area contributed by atoms with Gasteiger partial charge < -0.3 is 19.1 Å². The van der Waals surface area contributed by atoms with Crippen LogP contribution >= 0.6 is 0 Å². The van der Waals surface area contributed by atoms with E-state index in [2.05, 4.69) is 6.92 Å². The van der Waals surface area contributed by atoms with Gasteiger partial charge in [0.2, 0.25) is 5.88 Å². The molecule has 5 rings (SSSR count). The summed E-state index contributed by atoms with van der Waals surface area (Å²) in [6.07, 6.45) is 2.98. The summed E-state index contributed by atoms with van der Waals surface area (Å²) in [6, 6.07) is 24.8. The maximum atomic E-state index is 13.8. The molecule has 38 heavy (non-hydrogen) atoms. The lowest BCUT2D eigenvalue weighted by Gasteiger charge is -2.24. The molecule has 3 aromatic carbocycles. The van der Waals surface area contributed by atoms with E-state index in [9.17, 15) is 4.79 Å². The number of hydrogen-bond acceptors (Lipinski definition) is 5. The van der Waals surface area contributed by atoms with E-state index >= 15 is 0 Å². The van der Waals surface area contributed by atoms with Gasteiger partial charge in [-0.1, -0.05) is 37.3 Å². The van der Waals surface area contributed by atoms with Gasteiger partial charge in [-0.2, -0.15) is 5.10 Å². The van der Waals surface area contributed by atoms with Crippen LogP contribution in [0.25, 0.3) is 5.69 Å². The number of methoxy groups -OCH3 is 2. The van der Waals surface area contributed by atoms with Gasteiger partial charge in [-0.15, -0.1) is 0 Å². The molecule has 1 heterocycles. The second kappa shape index (κ2) is 11.4. The lowest BCUT2D eigenvalue weighted by atomic mass is 10.1. The van der Waals surface area contributed by atoms with Crippen molar-refractivity contribution in [3.63, 3.8) is 0 Å². The Hall–Kier alpha value is -4.26. The van der Waals surface area contributed by atoms with Gasteiger partial charge >= 0.3 is 0 Å². The van der Waals surface area contributed by atoms with Crippen LogP contribution in [0.3, 0.4) is 0 Å². The molecule has 0 N–H and O–H groups in total. The number of amides is 1. The van der Waals surface area contributed by atoms with Gasteiger partial charge in [0.15, 0.2) is 0 Å². The van der Waals surface area contributed by atoms with E-state index in [1.807, 2.05) is 82.4 Å². The Morgan fingerprint density at radius 3 is 2.29 bits per heavy atom. The number of rotatable bonds is 11. The zero-order chi connectivity index (χ0) is 26.5. The van der Waals surface area contributed by atoms with Crippen molar-refractivity contribution in [2.24, 2.45) is 5.92 Å². The molecule has 7 nitrogen and oxygen atoms in total. The van der Waals surface area contributed by atoms with Crippen LogP contribution in [0.4, 0.5) is 0 Å². The summed E-state index contributed by atoms with van der Waals surface area (Å²) in [7, 11) is 3.24. The van der Waals surface area contributed by atoms with E-state index in [1.165, 1.54) is 0 Å². The van der Waals surface area contributed by atoms with Crippen molar-refractivity contribution in [1.82, 2.24) is 14.7 Å². The van der Waals surface area contributed by atoms with Crippen molar-refractivity contribution >= 4 is 5.91 Å². The molecule has 1 amide bonds. The van der Waals surface area contributed by atoms with Crippen LogP contribution < -0.4 is 14.2 Å². The van der Waals surface area contributed by atoms with Crippen molar-refractivity contribution in [1.29, 1.82) is 0 Å². The molecule has 196 valence electrons. The SMILES string of the molecule is CCc1nn(-c2ccccc2)c(Oc2cccc(OC)c2)c1CN(CC1CC1)C(=O)c1cccc(OC)c1. The highest BCUT2D eigenvalue weighted by Crippen LogP contribution is 2.36. The molecule has 0 radical (unpaired) electrons. The third-order valence-corrected chi connectivity index (χ3v) is 6.74. The van der Waals surface area contributed by atoms with E-state index in [0.717, 1.165) is 29.8 Å². The second-order valence-electron chi connectivity index (χ2n) is 9.47. The quantitative estimate of drug-likeness (QED) is 0.237. The molecule has 0 saturated heterocycles. The average Bonchev–Trinajstić information content (AvgIpc) is 3.73. The summed E-state index contributed by atoms with van der Waals surface area (Å²) in [6.45, 7) is 3.15. The third-order valence-electron chi connectivity index (χ3n) is 6.74. The number of benzene rings is 3. The van der Waals surface area contributed by atoms with Gasteiger partial charge in [0.1, 0.15) is 17.2 Å². The number of para-hydroxylation sites is 1. The highest BCUT2D eigenvalue weighted by molar-refractivity contribution is 5.94. The lowest BCUT2D eigenvalue weighted by Crippen LogP contribution is -2.32. The van der Waals surface area contributed by atoms with Gasteiger partial charge in [0.05, 0.1) is 37.7 Å². The van der Waals surface area contributed by atoms with Crippen molar-refractivity contribution in [2.45, 2.75) is 32.7 Å². The summed E-state index contributed by atoms with van der Waals surface area (Å²) >= 11 is 0. The maximum absolute atomic E-state index is 13.8. The molecular weight excluding hydrogens is 478 g/mol. The molecule has 1 fully saturated rings. The molecule has 7 heteroatoms. The zero-order valence-corrected chi connectivity index (χ0v) is 22.1. The minimum Gasteiger partial charge on any atom is -0.497 e. The number of carbonyl (C=O) groups is 1. The van der Waals surface area contributed by atoms with Gasteiger partial charge in [-0.05, 0) is 67.6 Å². The molecule has 0 bridgehead atoms. The van der Waals surface area contributed by atoms with E-state index in [-0.39, 0.29) is 5.91 Å². The highest BCUT2D eigenvalue weighted by atomic mass is 16.5. The number of aryl methyl sites for hydroxylation is 1. The Bertz CT molecular complexity index is 1400. The Balaban J connectivity index is 1.57. The highest BCUT2D eigenvalue weighted by Gasteiger charge is 2.30. The summed E-state index contributed by atoms with van der Waals surface area (Å²) in [5.74, 6) is 3.09. The van der Waals surface area contributed by atoms with Crippen molar-refractivity contribution in [3.8, 4) is 28.8 Å². The molecule has 0 spiro atoms. The van der Waals surface area contributed by atoms with Crippen LogP contribution in [-0.4, -0.2) is 41.4 Å². The van der Waals surface area contributed by atoms with Crippen LogP contribution in [0, 0.1) is 5.92 Å². The van der Waals surface area contributed by atoms with Crippen molar-refractivity contribution < 1.29 is 19.0 Å². The molecule has 4 aromatic rings. The standard InChI is InChI=1S/C31H33N3O4/c1-4-29-28(21-33(20-22-16-17-22)30(35)23-10-8-13-25(18-23)36-2)31(34(32-29)24-11-6-5-7-12-24)38-27-15-9-14-26(19-27)37-3/h5-15,18-19,22H,4,16-17,20-21H2,1-3H3. The smallest absolute Gasteiger partial charge is 0.254 e. The minimum absolute atomic E-state index is 0.0300. The average molecular weight is 512 g/mol. The van der Waals surface area contributed by atoms with Crippen LogP contribution in [0.2, 0.25) is 0 Å². The zero-order valence-electron chi connectivity index (χ0n) is 22.1. The molecule has 0 atom stereocenters. The van der Waals surface area contributed by atoms with Crippen molar-refractivity contribution in [3.05, 3.63) is 95.7 Å². The predicted molar refractivity (Wildman–Crippen MR) is 146 cm³/mol. The minimum atomic E-state index is -0.0300. The molecule has 1 saturated carbocycles. The third kappa shape index (κ3) is 5.67. The maximum Gasteiger partial charge on any atom is 0.254 e. The number of aromatic nitrogens is 2. The Morgan fingerprint density at radius 1 is 0.921 bits per heavy atom. The molecular formula is C31H33N3O4. The number of nitrogens with zero attached hydrogens (tertiary/aromatic N) is 3. The summed E-state index contributed by atoms with van der Waals surface area (Å²) in [4.78, 5) is 15.7. The first-order valence-electron chi connectivity index (χ1n) is 13.0. The molecule has 1 aromatic heterocycles. The van der Waals surface area contributed by atoms with Gasteiger partial charge in [0.25, 0.3) is 5.91 Å². The second-order valence-corrected chi connectivity index (χ2v) is 9.47. The number of hydrogen-bond donors (Lipinski definition) is 0. The first kappa shape index (κ1) is 25.4. The summed E-state index contributed by atoms with van der Waals surface area (Å²) < 4.78 is 19.1. The predicted octanol–water partition coefficient (Wildman–Crippen LogP) is 6.30. The van der Waals surface area contributed by atoms with E-state index in [1.54, 1.807) is 20.3 Å². The fourth-order valence-electron chi connectivity index (χ4n) is 4.51. The van der Waals surface area contributed by atoms with Crippen LogP contribution in [-0.2, 0) is 13.0 Å². The lowest BCUT2D eigenvalue weighted by molar-refractivity contribution is 0.0733. The van der Waals surface area contributed by atoms with E-state index < -0.39 is 0 Å².